The molecule has 52 valence electrons. The summed E-state index contributed by atoms with van der Waals surface area (Å²) in [5.74, 6) is 0.709. The van der Waals surface area contributed by atoms with Gasteiger partial charge in [0.25, 0.3) is 0 Å². The van der Waals surface area contributed by atoms with Crippen LogP contribution in [0.15, 0.2) is 12.2 Å². The van der Waals surface area contributed by atoms with Gasteiger partial charge >= 0.3 is 0 Å². The third-order valence-corrected chi connectivity index (χ3v) is 1.45. The van der Waals surface area contributed by atoms with Crippen LogP contribution in [0.4, 0.5) is 0 Å². The number of allylic oxidation sites excluding steroid dienone is 2. The predicted octanol–water partition coefficient (Wildman–Crippen LogP) is 2.18. The van der Waals surface area contributed by atoms with Crippen LogP contribution in [0.2, 0.25) is 0 Å². The minimum absolute atomic E-state index is 0.709. The largest absolute Gasteiger partial charge is 0.299 e. The second-order valence-corrected chi connectivity index (χ2v) is 2.31. The lowest BCUT2D eigenvalue weighted by atomic mass is 10.1. The smallest absolute Gasteiger partial charge is 0.142 e. The van der Waals surface area contributed by atoms with Gasteiger partial charge < -0.3 is 0 Å². The minimum atomic E-state index is 0.709. The van der Waals surface area contributed by atoms with Gasteiger partial charge in [-0.25, -0.2) is 0 Å². The van der Waals surface area contributed by atoms with E-state index in [0.717, 1.165) is 12.7 Å². The van der Waals surface area contributed by atoms with Crippen LogP contribution in [0, 0.1) is 5.92 Å². The van der Waals surface area contributed by atoms with Crippen molar-refractivity contribution in [1.29, 1.82) is 0 Å². The van der Waals surface area contributed by atoms with E-state index in [1.165, 1.54) is 6.42 Å². The predicted molar refractivity (Wildman–Crippen MR) is 39.3 cm³/mol. The molecule has 0 fully saturated rings. The van der Waals surface area contributed by atoms with E-state index < -0.39 is 0 Å². The number of carbonyl (C=O) groups is 1. The second-order valence-electron chi connectivity index (χ2n) is 2.31. The van der Waals surface area contributed by atoms with Crippen LogP contribution in [0.1, 0.15) is 26.7 Å². The molecule has 0 heterocycles. The number of hydrogen-bond donors (Lipinski definition) is 0. The first kappa shape index (κ1) is 8.41. The van der Waals surface area contributed by atoms with E-state index in [9.17, 15) is 4.79 Å². The molecule has 1 atom stereocenters. The van der Waals surface area contributed by atoms with E-state index in [0.29, 0.717) is 5.92 Å². The van der Waals surface area contributed by atoms with Crippen molar-refractivity contribution in [2.45, 2.75) is 26.7 Å². The van der Waals surface area contributed by atoms with Crippen LogP contribution in [0.3, 0.4) is 0 Å². The molecule has 0 bridgehead atoms. The van der Waals surface area contributed by atoms with Crippen molar-refractivity contribution in [3.8, 4) is 0 Å². The highest BCUT2D eigenvalue weighted by molar-refractivity contribution is 5.64. The summed E-state index contributed by atoms with van der Waals surface area (Å²) < 4.78 is 0. The van der Waals surface area contributed by atoms with Gasteiger partial charge in [-0.1, -0.05) is 26.3 Å². The molecule has 0 saturated heterocycles. The normalized spacial score (nSPS) is 14.0. The molecule has 9 heavy (non-hydrogen) atoms. The Balaban J connectivity index is 3.25. The average Bonchev–Trinajstić information content (AvgIpc) is 1.89. The van der Waals surface area contributed by atoms with E-state index in [-0.39, 0.29) is 0 Å². The molecule has 0 aliphatic rings. The van der Waals surface area contributed by atoms with Crippen LogP contribution in [-0.4, -0.2) is 6.29 Å². The third kappa shape index (κ3) is 5.28. The van der Waals surface area contributed by atoms with Gasteiger partial charge in [0.1, 0.15) is 6.29 Å². The van der Waals surface area contributed by atoms with Gasteiger partial charge in [-0.3, -0.25) is 4.79 Å². The highest BCUT2D eigenvalue weighted by atomic mass is 16.1. The molecule has 0 saturated carbocycles. The molecule has 0 spiro atoms. The van der Waals surface area contributed by atoms with Crippen molar-refractivity contribution in [1.82, 2.24) is 0 Å². The van der Waals surface area contributed by atoms with Gasteiger partial charge in [-0.15, -0.1) is 0 Å². The Labute approximate surface area is 56.8 Å². The molecule has 1 nitrogen and oxygen atoms in total. The summed E-state index contributed by atoms with van der Waals surface area (Å²) in [6.45, 7) is 4.33. The maximum atomic E-state index is 9.79. The Bertz CT molecular complexity index is 94.7. The lowest BCUT2D eigenvalue weighted by Gasteiger charge is -2.00. The van der Waals surface area contributed by atoms with Crippen LogP contribution in [0.5, 0.6) is 0 Å². The maximum Gasteiger partial charge on any atom is 0.142 e. The average molecular weight is 126 g/mol. The zero-order valence-electron chi connectivity index (χ0n) is 6.13. The SMILES string of the molecule is CCC(C)CC=CC=O. The molecular weight excluding hydrogens is 112 g/mol. The van der Waals surface area contributed by atoms with Crippen molar-refractivity contribution < 1.29 is 4.79 Å². The fourth-order valence-electron chi connectivity index (χ4n) is 0.533. The van der Waals surface area contributed by atoms with E-state index in [1.807, 2.05) is 6.08 Å². The van der Waals surface area contributed by atoms with E-state index >= 15 is 0 Å². The summed E-state index contributed by atoms with van der Waals surface area (Å²) in [4.78, 5) is 9.79. The van der Waals surface area contributed by atoms with Crippen LogP contribution < -0.4 is 0 Å². The van der Waals surface area contributed by atoms with E-state index in [2.05, 4.69) is 13.8 Å². The van der Waals surface area contributed by atoms with Crippen molar-refractivity contribution in [3.05, 3.63) is 12.2 Å². The molecule has 0 amide bonds. The van der Waals surface area contributed by atoms with Crippen LogP contribution >= 0.6 is 0 Å². The molecule has 0 aliphatic heterocycles. The maximum absolute atomic E-state index is 9.79. The molecule has 0 aliphatic carbocycles. The first-order valence-corrected chi connectivity index (χ1v) is 3.41. The summed E-state index contributed by atoms with van der Waals surface area (Å²) in [5, 5.41) is 0. The van der Waals surface area contributed by atoms with Gasteiger partial charge in [0, 0.05) is 0 Å². The van der Waals surface area contributed by atoms with Crippen molar-refractivity contribution in [2.24, 2.45) is 5.92 Å². The summed E-state index contributed by atoms with van der Waals surface area (Å²) in [5.41, 5.74) is 0. The fraction of sp³-hybridized carbons (Fsp3) is 0.625. The van der Waals surface area contributed by atoms with Gasteiger partial charge in [0.05, 0.1) is 0 Å². The van der Waals surface area contributed by atoms with Crippen molar-refractivity contribution in [2.75, 3.05) is 0 Å². The monoisotopic (exact) mass is 126 g/mol. The molecule has 0 radical (unpaired) electrons. The number of rotatable bonds is 4. The molecule has 0 N–H and O–H groups in total. The topological polar surface area (TPSA) is 17.1 Å². The Morgan fingerprint density at radius 1 is 1.56 bits per heavy atom. The Morgan fingerprint density at radius 3 is 2.67 bits per heavy atom. The third-order valence-electron chi connectivity index (χ3n) is 1.45. The molecule has 0 aromatic carbocycles. The summed E-state index contributed by atoms with van der Waals surface area (Å²) >= 11 is 0. The minimum Gasteiger partial charge on any atom is -0.299 e. The highest BCUT2D eigenvalue weighted by Crippen LogP contribution is 2.05. The standard InChI is InChI=1S/C8H14O/c1-3-8(2)6-4-5-7-9/h4-5,7-8H,3,6H2,1-2H3. The molecule has 0 aromatic rings. The highest BCUT2D eigenvalue weighted by Gasteiger charge is 1.91. The molecule has 0 rings (SSSR count). The summed E-state index contributed by atoms with van der Waals surface area (Å²) in [7, 11) is 0. The fourth-order valence-corrected chi connectivity index (χ4v) is 0.533. The van der Waals surface area contributed by atoms with Crippen molar-refractivity contribution in [3.63, 3.8) is 0 Å². The van der Waals surface area contributed by atoms with Crippen LogP contribution in [-0.2, 0) is 4.79 Å². The number of carbonyl (C=O) groups excluding carboxylic acids is 1. The quantitative estimate of drug-likeness (QED) is 0.417. The zero-order chi connectivity index (χ0) is 7.11. The van der Waals surface area contributed by atoms with Gasteiger partial charge in [0.2, 0.25) is 0 Å². The molecule has 0 aromatic heterocycles. The Morgan fingerprint density at radius 2 is 2.22 bits per heavy atom. The zero-order valence-corrected chi connectivity index (χ0v) is 6.13. The second kappa shape index (κ2) is 5.54. The molecular formula is C8H14O. The molecule has 1 unspecified atom stereocenters. The lowest BCUT2D eigenvalue weighted by Crippen LogP contribution is -1.87. The molecule has 1 heteroatoms. The van der Waals surface area contributed by atoms with Crippen LogP contribution in [0.25, 0.3) is 0 Å². The first-order chi connectivity index (χ1) is 4.31. The number of aldehydes is 1. The van der Waals surface area contributed by atoms with E-state index in [1.54, 1.807) is 6.08 Å². The summed E-state index contributed by atoms with van der Waals surface area (Å²) in [6.07, 6.45) is 6.51. The van der Waals surface area contributed by atoms with Crippen molar-refractivity contribution >= 4 is 6.29 Å². The Kier molecular flexibility index (Phi) is 5.18. The summed E-state index contributed by atoms with van der Waals surface area (Å²) in [6, 6.07) is 0. The van der Waals surface area contributed by atoms with Gasteiger partial charge in [0.15, 0.2) is 0 Å². The Hall–Kier alpha value is -0.590. The van der Waals surface area contributed by atoms with Gasteiger partial charge in [-0.2, -0.15) is 0 Å². The van der Waals surface area contributed by atoms with Gasteiger partial charge in [-0.05, 0) is 18.4 Å². The van der Waals surface area contributed by atoms with E-state index in [4.69, 9.17) is 0 Å². The lowest BCUT2D eigenvalue weighted by molar-refractivity contribution is -0.104. The number of hydrogen-bond acceptors (Lipinski definition) is 1. The first-order valence-electron chi connectivity index (χ1n) is 3.41.